The third kappa shape index (κ3) is 11.9. The zero-order valence-electron chi connectivity index (χ0n) is 24.6. The maximum atomic E-state index is 12.9. The van der Waals surface area contributed by atoms with Crippen LogP contribution in [-0.2, 0) is 10.1 Å². The second-order valence-corrected chi connectivity index (χ2v) is 12.8. The highest BCUT2D eigenvalue weighted by molar-refractivity contribution is 7.99. The van der Waals surface area contributed by atoms with E-state index in [-0.39, 0.29) is 22.8 Å². The van der Waals surface area contributed by atoms with Crippen LogP contribution >= 0.6 is 11.8 Å². The van der Waals surface area contributed by atoms with Crippen molar-refractivity contribution in [3.8, 4) is 11.4 Å². The average Bonchev–Trinajstić information content (AvgIpc) is 3.46. The molecule has 0 aliphatic heterocycles. The van der Waals surface area contributed by atoms with Gasteiger partial charge in [-0.2, -0.15) is 13.1 Å². The molecule has 0 bridgehead atoms. The molecule has 0 fully saturated rings. The molecule has 3 rings (SSSR count). The molecule has 230 valence electrons. The molecule has 0 spiro atoms. The van der Waals surface area contributed by atoms with Crippen LogP contribution in [-0.4, -0.2) is 51.3 Å². The minimum absolute atomic E-state index is 0.0165. The number of rotatable bonds is 22. The maximum absolute atomic E-state index is 12.9. The number of benzene rings is 2. The monoisotopic (exact) mass is 616 g/mol. The number of unbranched alkanes of at least 4 members (excludes halogenated alkanes) is 13. The van der Waals surface area contributed by atoms with Gasteiger partial charge in [0.2, 0.25) is 5.16 Å². The van der Waals surface area contributed by atoms with E-state index in [1.807, 2.05) is 30.3 Å². The van der Waals surface area contributed by atoms with Crippen molar-refractivity contribution in [3.63, 3.8) is 0 Å². The van der Waals surface area contributed by atoms with Crippen LogP contribution < -0.4 is 4.74 Å². The molecule has 0 saturated carbocycles. The van der Waals surface area contributed by atoms with E-state index in [1.54, 1.807) is 0 Å². The fourth-order valence-electron chi connectivity index (χ4n) is 4.69. The number of ether oxygens (including phenoxy) is 1. The Balaban J connectivity index is 1.38. The Kier molecular flexibility index (Phi) is 15.0. The normalized spacial score (nSPS) is 11.6. The Bertz CT molecular complexity index is 1320. The summed E-state index contributed by atoms with van der Waals surface area (Å²) in [5, 5.41) is 12.1. The molecule has 3 aromatic rings. The lowest BCUT2D eigenvalue weighted by atomic mass is 10.0. The summed E-state index contributed by atoms with van der Waals surface area (Å²) >= 11 is 1.14. The van der Waals surface area contributed by atoms with Crippen molar-refractivity contribution < 1.29 is 22.5 Å². The Labute approximate surface area is 254 Å². The van der Waals surface area contributed by atoms with Crippen LogP contribution in [0.5, 0.6) is 5.75 Å². The number of thioether (sulfide) groups is 1. The van der Waals surface area contributed by atoms with Crippen LogP contribution in [0.15, 0.2) is 58.6 Å². The van der Waals surface area contributed by atoms with Crippen molar-refractivity contribution in [3.05, 3.63) is 54.1 Å². The van der Waals surface area contributed by atoms with Crippen LogP contribution in [0.25, 0.3) is 5.69 Å². The van der Waals surface area contributed by atoms with Gasteiger partial charge in [-0.05, 0) is 47.2 Å². The SMILES string of the molecule is CCCCCCCCCCCCCCCCOc1ccc(C(=O)CSc2nnnn2-c2ccccc2)cc1S(=O)(=O)O. The Morgan fingerprint density at radius 3 is 2.05 bits per heavy atom. The summed E-state index contributed by atoms with van der Waals surface area (Å²) in [5.74, 6) is -0.298. The van der Waals surface area contributed by atoms with E-state index >= 15 is 0 Å². The zero-order chi connectivity index (χ0) is 30.0. The first-order valence-electron chi connectivity index (χ1n) is 15.1. The highest BCUT2D eigenvalue weighted by atomic mass is 32.2. The molecule has 0 saturated heterocycles. The maximum Gasteiger partial charge on any atom is 0.298 e. The van der Waals surface area contributed by atoms with Crippen LogP contribution in [0.1, 0.15) is 107 Å². The lowest BCUT2D eigenvalue weighted by Gasteiger charge is -2.11. The summed E-state index contributed by atoms with van der Waals surface area (Å²) in [5.41, 5.74) is 0.907. The van der Waals surface area contributed by atoms with Crippen molar-refractivity contribution in [1.82, 2.24) is 20.2 Å². The highest BCUT2D eigenvalue weighted by Gasteiger charge is 2.21. The van der Waals surface area contributed by atoms with Crippen LogP contribution in [0.2, 0.25) is 0 Å². The Hall–Kier alpha value is -2.76. The molecule has 0 aliphatic carbocycles. The molecule has 1 N–H and O–H groups in total. The van der Waals surface area contributed by atoms with Gasteiger partial charge < -0.3 is 4.74 Å². The number of aromatic nitrogens is 4. The van der Waals surface area contributed by atoms with E-state index in [0.717, 1.165) is 36.7 Å². The smallest absolute Gasteiger partial charge is 0.298 e. The lowest BCUT2D eigenvalue weighted by Crippen LogP contribution is -2.09. The van der Waals surface area contributed by atoms with Crippen molar-refractivity contribution in [2.75, 3.05) is 12.4 Å². The van der Waals surface area contributed by atoms with Gasteiger partial charge in [-0.25, -0.2) is 0 Å². The van der Waals surface area contributed by atoms with Gasteiger partial charge in [-0.15, -0.1) is 5.10 Å². The number of Topliss-reactive ketones (excluding diaryl/α,β-unsaturated/α-hetero) is 1. The topological polar surface area (TPSA) is 124 Å². The number of hydrogen-bond donors (Lipinski definition) is 1. The summed E-state index contributed by atoms with van der Waals surface area (Å²) in [7, 11) is -4.58. The summed E-state index contributed by atoms with van der Waals surface area (Å²) in [6.07, 6.45) is 17.4. The minimum atomic E-state index is -4.58. The van der Waals surface area contributed by atoms with E-state index < -0.39 is 15.0 Å². The molecule has 42 heavy (non-hydrogen) atoms. The molecule has 0 radical (unpaired) electrons. The fourth-order valence-corrected chi connectivity index (χ4v) is 6.14. The lowest BCUT2D eigenvalue weighted by molar-refractivity contribution is 0.102. The predicted octanol–water partition coefficient (Wildman–Crippen LogP) is 7.74. The molecule has 0 atom stereocenters. The summed E-state index contributed by atoms with van der Waals surface area (Å²) in [6.45, 7) is 2.59. The molecule has 0 amide bonds. The van der Waals surface area contributed by atoms with E-state index in [1.165, 1.54) is 93.5 Å². The van der Waals surface area contributed by atoms with Crippen LogP contribution in [0.4, 0.5) is 0 Å². The Morgan fingerprint density at radius 1 is 0.857 bits per heavy atom. The van der Waals surface area contributed by atoms with Gasteiger partial charge in [0.1, 0.15) is 10.6 Å². The van der Waals surface area contributed by atoms with Crippen molar-refractivity contribution in [1.29, 1.82) is 0 Å². The number of tetrazole rings is 1. The van der Waals surface area contributed by atoms with Crippen LogP contribution in [0.3, 0.4) is 0 Å². The molecule has 11 heteroatoms. The molecule has 9 nitrogen and oxygen atoms in total. The number of ketones is 1. The van der Waals surface area contributed by atoms with Crippen molar-refractivity contribution in [2.24, 2.45) is 0 Å². The summed E-state index contributed by atoms with van der Waals surface area (Å²) < 4.78 is 41.1. The number of carbonyl (C=O) groups is 1. The van der Waals surface area contributed by atoms with E-state index in [0.29, 0.717) is 11.8 Å². The highest BCUT2D eigenvalue weighted by Crippen LogP contribution is 2.27. The molecule has 0 aliphatic rings. The van der Waals surface area contributed by atoms with E-state index in [2.05, 4.69) is 22.4 Å². The third-order valence-electron chi connectivity index (χ3n) is 7.07. The second kappa shape index (κ2) is 18.7. The van der Waals surface area contributed by atoms with Gasteiger partial charge in [0.15, 0.2) is 5.78 Å². The number of hydrogen-bond acceptors (Lipinski definition) is 8. The second-order valence-electron chi connectivity index (χ2n) is 10.5. The summed E-state index contributed by atoms with van der Waals surface area (Å²) in [6, 6.07) is 13.4. The number of nitrogens with zero attached hydrogens (tertiary/aromatic N) is 4. The average molecular weight is 617 g/mol. The first-order chi connectivity index (χ1) is 20.4. The van der Waals surface area contributed by atoms with Gasteiger partial charge in [0, 0.05) is 5.56 Å². The molecule has 2 aromatic carbocycles. The van der Waals surface area contributed by atoms with Gasteiger partial charge >= 0.3 is 0 Å². The third-order valence-corrected chi connectivity index (χ3v) is 8.87. The first-order valence-corrected chi connectivity index (χ1v) is 17.6. The summed E-state index contributed by atoms with van der Waals surface area (Å²) in [4.78, 5) is 12.5. The Morgan fingerprint density at radius 2 is 1.45 bits per heavy atom. The predicted molar refractivity (Wildman–Crippen MR) is 166 cm³/mol. The molecule has 1 heterocycles. The minimum Gasteiger partial charge on any atom is -0.492 e. The quantitative estimate of drug-likeness (QED) is 0.0522. The molecular weight excluding hydrogens is 572 g/mol. The molecular formula is C31H44N4O5S2. The van der Waals surface area contributed by atoms with Gasteiger partial charge in [0.25, 0.3) is 10.1 Å². The van der Waals surface area contributed by atoms with Crippen LogP contribution in [0, 0.1) is 0 Å². The van der Waals surface area contributed by atoms with E-state index in [4.69, 9.17) is 4.74 Å². The number of para-hydroxylation sites is 1. The standard InChI is InChI=1S/C31H44N4O5S2/c1-2-3-4-5-6-7-8-9-10-11-12-13-14-18-23-40-29-22-21-26(24-30(29)42(37,38)39)28(36)25-41-31-32-33-34-35(31)27-19-16-15-17-20-27/h15-17,19-22,24H,2-14,18,23,25H2,1H3,(H,37,38,39). The fraction of sp³-hybridized carbons (Fsp3) is 0.548. The van der Waals surface area contributed by atoms with Crippen molar-refractivity contribution >= 4 is 27.7 Å². The van der Waals surface area contributed by atoms with Gasteiger partial charge in [0.05, 0.1) is 18.0 Å². The van der Waals surface area contributed by atoms with E-state index in [9.17, 15) is 17.8 Å². The van der Waals surface area contributed by atoms with Crippen molar-refractivity contribution in [2.45, 2.75) is 107 Å². The molecule has 0 unspecified atom stereocenters. The van der Waals surface area contributed by atoms with Gasteiger partial charge in [-0.3, -0.25) is 9.35 Å². The zero-order valence-corrected chi connectivity index (χ0v) is 26.3. The first kappa shape index (κ1) is 33.7. The van der Waals surface area contributed by atoms with Gasteiger partial charge in [-0.1, -0.05) is 120 Å². The number of carbonyl (C=O) groups excluding carboxylic acids is 1. The largest absolute Gasteiger partial charge is 0.492 e. The molecule has 1 aromatic heterocycles.